The normalized spacial score (nSPS) is 11.2. The van der Waals surface area contributed by atoms with Gasteiger partial charge in [-0.3, -0.25) is 4.72 Å². The van der Waals surface area contributed by atoms with Crippen LogP contribution in [0.4, 0.5) is 5.69 Å². The molecule has 5 heteroatoms. The summed E-state index contributed by atoms with van der Waals surface area (Å²) < 4.78 is 28.4. The van der Waals surface area contributed by atoms with Gasteiger partial charge < -0.3 is 0 Å². The minimum absolute atomic E-state index is 0.255. The number of sulfonamides is 1. The molecule has 0 aliphatic rings. The van der Waals surface area contributed by atoms with Gasteiger partial charge in [-0.05, 0) is 54.4 Å². The van der Waals surface area contributed by atoms with Crippen molar-refractivity contribution in [1.29, 1.82) is 0 Å². The van der Waals surface area contributed by atoms with Gasteiger partial charge in [-0.1, -0.05) is 57.9 Å². The summed E-state index contributed by atoms with van der Waals surface area (Å²) in [5, 5.41) is 0. The van der Waals surface area contributed by atoms with Gasteiger partial charge in [0.2, 0.25) is 0 Å². The average Bonchev–Trinajstić information content (AvgIpc) is 2.56. The Bertz CT molecular complexity index is 932. The molecular weight excluding hydrogens is 386 g/mol. The van der Waals surface area contributed by atoms with Crippen LogP contribution >= 0.6 is 15.9 Å². The molecule has 3 rings (SSSR count). The van der Waals surface area contributed by atoms with E-state index >= 15 is 0 Å². The number of aryl methyl sites for hydroxylation is 1. The smallest absolute Gasteiger partial charge is 0.261 e. The first-order valence-corrected chi connectivity index (χ1v) is 9.67. The first-order valence-electron chi connectivity index (χ1n) is 7.39. The summed E-state index contributed by atoms with van der Waals surface area (Å²) in [7, 11) is -3.57. The standard InChI is InChI=1S/C19H16BrNO2S/c1-14-2-12-19(13-3-14)24(22,23)21-18-10-6-16(7-11-18)15-4-8-17(20)9-5-15/h2-13,21H,1H3. The Balaban J connectivity index is 1.81. The molecular formula is C19H16BrNO2S. The van der Waals surface area contributed by atoms with E-state index in [4.69, 9.17) is 0 Å². The summed E-state index contributed by atoms with van der Waals surface area (Å²) in [6, 6.07) is 22.1. The second-order valence-electron chi connectivity index (χ2n) is 5.50. The summed E-state index contributed by atoms with van der Waals surface area (Å²) in [4.78, 5) is 0.255. The zero-order valence-electron chi connectivity index (χ0n) is 13.0. The second kappa shape index (κ2) is 6.79. The van der Waals surface area contributed by atoms with E-state index in [1.165, 1.54) is 0 Å². The van der Waals surface area contributed by atoms with Crippen molar-refractivity contribution in [2.75, 3.05) is 4.72 Å². The number of rotatable bonds is 4. The number of hydrogen-bond donors (Lipinski definition) is 1. The minimum Gasteiger partial charge on any atom is -0.280 e. The monoisotopic (exact) mass is 401 g/mol. The predicted octanol–water partition coefficient (Wildman–Crippen LogP) is 5.23. The van der Waals surface area contributed by atoms with E-state index in [1.54, 1.807) is 36.4 Å². The van der Waals surface area contributed by atoms with E-state index in [9.17, 15) is 8.42 Å². The van der Waals surface area contributed by atoms with Gasteiger partial charge in [0.1, 0.15) is 0 Å². The van der Waals surface area contributed by atoms with E-state index in [1.807, 2.05) is 43.3 Å². The zero-order chi connectivity index (χ0) is 17.2. The Morgan fingerprint density at radius 2 is 1.25 bits per heavy atom. The summed E-state index contributed by atoms with van der Waals surface area (Å²) in [6.45, 7) is 1.92. The van der Waals surface area contributed by atoms with Crippen LogP contribution in [0.1, 0.15) is 5.56 Å². The van der Waals surface area contributed by atoms with Crippen molar-refractivity contribution in [3.63, 3.8) is 0 Å². The highest BCUT2D eigenvalue weighted by atomic mass is 79.9. The van der Waals surface area contributed by atoms with E-state index < -0.39 is 10.0 Å². The summed E-state index contributed by atoms with van der Waals surface area (Å²) in [5.74, 6) is 0. The average molecular weight is 402 g/mol. The van der Waals surface area contributed by atoms with Crippen LogP contribution in [0.2, 0.25) is 0 Å². The molecule has 0 heterocycles. The van der Waals surface area contributed by atoms with E-state index in [0.717, 1.165) is 21.2 Å². The maximum Gasteiger partial charge on any atom is 0.261 e. The number of hydrogen-bond acceptors (Lipinski definition) is 2. The number of anilines is 1. The molecule has 0 bridgehead atoms. The van der Waals surface area contributed by atoms with Gasteiger partial charge in [-0.2, -0.15) is 0 Å². The SMILES string of the molecule is Cc1ccc(S(=O)(=O)Nc2ccc(-c3ccc(Br)cc3)cc2)cc1. The quantitative estimate of drug-likeness (QED) is 0.650. The van der Waals surface area contributed by atoms with Crippen molar-refractivity contribution in [3.8, 4) is 11.1 Å². The van der Waals surface area contributed by atoms with Crippen LogP contribution in [0.5, 0.6) is 0 Å². The molecule has 0 radical (unpaired) electrons. The van der Waals surface area contributed by atoms with Crippen molar-refractivity contribution in [2.45, 2.75) is 11.8 Å². The van der Waals surface area contributed by atoms with Gasteiger partial charge in [-0.15, -0.1) is 0 Å². The highest BCUT2D eigenvalue weighted by molar-refractivity contribution is 9.10. The molecule has 0 aliphatic carbocycles. The lowest BCUT2D eigenvalue weighted by molar-refractivity contribution is 0.601. The molecule has 1 N–H and O–H groups in total. The molecule has 0 aliphatic heterocycles. The van der Waals surface area contributed by atoms with Crippen molar-refractivity contribution in [3.05, 3.63) is 82.8 Å². The molecule has 24 heavy (non-hydrogen) atoms. The molecule has 0 amide bonds. The molecule has 0 saturated carbocycles. The summed E-state index contributed by atoms with van der Waals surface area (Å²) in [6.07, 6.45) is 0. The van der Waals surface area contributed by atoms with Crippen molar-refractivity contribution >= 4 is 31.6 Å². The van der Waals surface area contributed by atoms with Crippen LogP contribution in [0, 0.1) is 6.92 Å². The Kier molecular flexibility index (Phi) is 4.73. The minimum atomic E-state index is -3.57. The Morgan fingerprint density at radius 3 is 1.79 bits per heavy atom. The summed E-state index contributed by atoms with van der Waals surface area (Å²) in [5.41, 5.74) is 3.66. The van der Waals surface area contributed by atoms with Crippen molar-refractivity contribution < 1.29 is 8.42 Å². The van der Waals surface area contributed by atoms with Gasteiger partial charge in [0.25, 0.3) is 10.0 Å². The molecule has 122 valence electrons. The molecule has 3 aromatic carbocycles. The van der Waals surface area contributed by atoms with Gasteiger partial charge in [0.15, 0.2) is 0 Å². The fourth-order valence-electron chi connectivity index (χ4n) is 2.30. The fraction of sp³-hybridized carbons (Fsp3) is 0.0526. The Morgan fingerprint density at radius 1 is 0.750 bits per heavy atom. The van der Waals surface area contributed by atoms with Crippen LogP contribution in [0.3, 0.4) is 0 Å². The van der Waals surface area contributed by atoms with Crippen LogP contribution in [0.25, 0.3) is 11.1 Å². The van der Waals surface area contributed by atoms with Gasteiger partial charge >= 0.3 is 0 Å². The molecule has 0 fully saturated rings. The number of benzene rings is 3. The number of nitrogens with one attached hydrogen (secondary N) is 1. The van der Waals surface area contributed by atoms with E-state index in [-0.39, 0.29) is 4.90 Å². The third kappa shape index (κ3) is 3.86. The largest absolute Gasteiger partial charge is 0.280 e. The highest BCUT2D eigenvalue weighted by Crippen LogP contribution is 2.24. The molecule has 0 atom stereocenters. The van der Waals surface area contributed by atoms with Gasteiger partial charge in [0.05, 0.1) is 4.90 Å². The van der Waals surface area contributed by atoms with Crippen LogP contribution < -0.4 is 4.72 Å². The molecule has 3 nitrogen and oxygen atoms in total. The second-order valence-corrected chi connectivity index (χ2v) is 8.10. The van der Waals surface area contributed by atoms with Gasteiger partial charge in [0, 0.05) is 10.2 Å². The zero-order valence-corrected chi connectivity index (χ0v) is 15.4. The van der Waals surface area contributed by atoms with E-state index in [0.29, 0.717) is 5.69 Å². The van der Waals surface area contributed by atoms with Crippen molar-refractivity contribution in [2.24, 2.45) is 0 Å². The first-order chi connectivity index (χ1) is 11.4. The van der Waals surface area contributed by atoms with Crippen LogP contribution in [0.15, 0.2) is 82.2 Å². The van der Waals surface area contributed by atoms with Gasteiger partial charge in [-0.25, -0.2) is 8.42 Å². The fourth-order valence-corrected chi connectivity index (χ4v) is 3.63. The van der Waals surface area contributed by atoms with Crippen LogP contribution in [-0.2, 0) is 10.0 Å². The first kappa shape index (κ1) is 16.7. The van der Waals surface area contributed by atoms with Crippen molar-refractivity contribution in [1.82, 2.24) is 0 Å². The molecule has 3 aromatic rings. The maximum atomic E-state index is 12.4. The molecule has 0 aromatic heterocycles. The Labute approximate surface area is 150 Å². The van der Waals surface area contributed by atoms with Crippen LogP contribution in [-0.4, -0.2) is 8.42 Å². The highest BCUT2D eigenvalue weighted by Gasteiger charge is 2.13. The summed E-state index contributed by atoms with van der Waals surface area (Å²) >= 11 is 3.41. The third-order valence-electron chi connectivity index (χ3n) is 3.65. The number of halogens is 1. The maximum absolute atomic E-state index is 12.4. The lowest BCUT2D eigenvalue weighted by atomic mass is 10.1. The lowest BCUT2D eigenvalue weighted by Gasteiger charge is -2.09. The third-order valence-corrected chi connectivity index (χ3v) is 5.57. The lowest BCUT2D eigenvalue weighted by Crippen LogP contribution is -2.12. The van der Waals surface area contributed by atoms with E-state index in [2.05, 4.69) is 20.7 Å². The predicted molar refractivity (Wildman–Crippen MR) is 102 cm³/mol. The molecule has 0 saturated heterocycles. The Hall–Kier alpha value is -2.11. The molecule has 0 spiro atoms. The molecule has 0 unspecified atom stereocenters. The topological polar surface area (TPSA) is 46.2 Å².